The van der Waals surface area contributed by atoms with Crippen LogP contribution in [0.1, 0.15) is 10.4 Å². The van der Waals surface area contributed by atoms with E-state index >= 15 is 0 Å². The van der Waals surface area contributed by atoms with E-state index in [9.17, 15) is 9.18 Å². The van der Waals surface area contributed by atoms with Gasteiger partial charge in [0.25, 0.3) is 5.91 Å². The molecule has 0 atom stereocenters. The second kappa shape index (κ2) is 7.22. The maximum atomic E-state index is 12.8. The van der Waals surface area contributed by atoms with Crippen molar-refractivity contribution in [2.75, 3.05) is 20.2 Å². The van der Waals surface area contributed by atoms with Crippen molar-refractivity contribution < 1.29 is 13.9 Å². The van der Waals surface area contributed by atoms with Gasteiger partial charge in [0.15, 0.2) is 0 Å². The number of carbonyl (C=O) groups is 1. The van der Waals surface area contributed by atoms with Gasteiger partial charge in [-0.3, -0.25) is 4.79 Å². The fourth-order valence-electron chi connectivity index (χ4n) is 1.75. The minimum atomic E-state index is -0.354. The average molecular weight is 352 g/mol. The summed E-state index contributed by atoms with van der Waals surface area (Å²) in [6, 6.07) is 13.0. The summed E-state index contributed by atoms with van der Waals surface area (Å²) in [6.45, 7) is 0.845. The third-order valence-electron chi connectivity index (χ3n) is 2.95. The van der Waals surface area contributed by atoms with Gasteiger partial charge >= 0.3 is 0 Å². The van der Waals surface area contributed by atoms with Crippen molar-refractivity contribution in [2.24, 2.45) is 0 Å². The number of hydrogen-bond acceptors (Lipinski definition) is 2. The molecule has 2 aromatic rings. The Bertz CT molecular complexity index is 599. The smallest absolute Gasteiger partial charge is 0.253 e. The summed E-state index contributed by atoms with van der Waals surface area (Å²) in [4.78, 5) is 13.6. The van der Waals surface area contributed by atoms with Crippen molar-refractivity contribution >= 4 is 21.8 Å². The number of carbonyl (C=O) groups excluding carboxylic acids is 1. The molecule has 21 heavy (non-hydrogen) atoms. The molecule has 0 saturated heterocycles. The van der Waals surface area contributed by atoms with Crippen LogP contribution in [0.15, 0.2) is 53.0 Å². The molecule has 3 nitrogen and oxygen atoms in total. The first kappa shape index (κ1) is 15.5. The molecule has 1 amide bonds. The van der Waals surface area contributed by atoms with Gasteiger partial charge in [0, 0.05) is 17.1 Å². The van der Waals surface area contributed by atoms with E-state index in [1.165, 1.54) is 24.3 Å². The molecule has 0 fully saturated rings. The van der Waals surface area contributed by atoms with Crippen LogP contribution in [-0.2, 0) is 0 Å². The quantitative estimate of drug-likeness (QED) is 0.821. The van der Waals surface area contributed by atoms with Crippen molar-refractivity contribution in [1.29, 1.82) is 0 Å². The SMILES string of the molecule is CN(CCOc1ccc(Br)cc1)C(=O)c1ccc(F)cc1. The van der Waals surface area contributed by atoms with Crippen molar-refractivity contribution in [2.45, 2.75) is 0 Å². The largest absolute Gasteiger partial charge is 0.492 e. The molecule has 0 aliphatic carbocycles. The lowest BCUT2D eigenvalue weighted by Gasteiger charge is -2.17. The summed E-state index contributed by atoms with van der Waals surface area (Å²) in [5.41, 5.74) is 0.461. The molecular formula is C16H15BrFNO2. The van der Waals surface area contributed by atoms with Crippen molar-refractivity contribution in [3.8, 4) is 5.75 Å². The summed E-state index contributed by atoms with van der Waals surface area (Å²) >= 11 is 3.35. The molecule has 0 N–H and O–H groups in total. The molecule has 0 spiro atoms. The van der Waals surface area contributed by atoms with Gasteiger partial charge < -0.3 is 9.64 Å². The molecule has 0 aliphatic heterocycles. The zero-order chi connectivity index (χ0) is 15.2. The Morgan fingerprint density at radius 3 is 2.38 bits per heavy atom. The number of amides is 1. The van der Waals surface area contributed by atoms with Crippen LogP contribution in [0.2, 0.25) is 0 Å². The number of likely N-dealkylation sites (N-methyl/N-ethyl adjacent to an activating group) is 1. The Balaban J connectivity index is 1.83. The lowest BCUT2D eigenvalue weighted by Crippen LogP contribution is -2.30. The molecule has 0 bridgehead atoms. The highest BCUT2D eigenvalue weighted by Gasteiger charge is 2.11. The summed E-state index contributed by atoms with van der Waals surface area (Å²) in [6.07, 6.45) is 0. The maximum Gasteiger partial charge on any atom is 0.253 e. The van der Waals surface area contributed by atoms with Gasteiger partial charge in [-0.15, -0.1) is 0 Å². The van der Waals surface area contributed by atoms with E-state index in [-0.39, 0.29) is 11.7 Å². The highest BCUT2D eigenvalue weighted by atomic mass is 79.9. The fraction of sp³-hybridized carbons (Fsp3) is 0.188. The van der Waals surface area contributed by atoms with E-state index in [1.807, 2.05) is 24.3 Å². The van der Waals surface area contributed by atoms with E-state index in [1.54, 1.807) is 11.9 Å². The maximum absolute atomic E-state index is 12.8. The lowest BCUT2D eigenvalue weighted by molar-refractivity contribution is 0.0773. The highest BCUT2D eigenvalue weighted by molar-refractivity contribution is 9.10. The summed E-state index contributed by atoms with van der Waals surface area (Å²) in [7, 11) is 1.69. The summed E-state index contributed by atoms with van der Waals surface area (Å²) in [5, 5.41) is 0. The Morgan fingerprint density at radius 1 is 1.14 bits per heavy atom. The highest BCUT2D eigenvalue weighted by Crippen LogP contribution is 2.16. The minimum absolute atomic E-state index is 0.158. The number of benzene rings is 2. The van der Waals surface area contributed by atoms with Crippen LogP contribution in [0.3, 0.4) is 0 Å². The molecular weight excluding hydrogens is 337 g/mol. The molecule has 0 unspecified atom stereocenters. The van der Waals surface area contributed by atoms with Crippen LogP contribution < -0.4 is 4.74 Å². The monoisotopic (exact) mass is 351 g/mol. The molecule has 0 aromatic heterocycles. The molecule has 2 rings (SSSR count). The van der Waals surface area contributed by atoms with Crippen LogP contribution in [0.25, 0.3) is 0 Å². The van der Waals surface area contributed by atoms with Crippen LogP contribution >= 0.6 is 15.9 Å². The Morgan fingerprint density at radius 2 is 1.76 bits per heavy atom. The second-order valence-electron chi connectivity index (χ2n) is 4.54. The van der Waals surface area contributed by atoms with Gasteiger partial charge in [-0.1, -0.05) is 15.9 Å². The van der Waals surface area contributed by atoms with Gasteiger partial charge in [-0.25, -0.2) is 4.39 Å². The van der Waals surface area contributed by atoms with Gasteiger partial charge in [-0.2, -0.15) is 0 Å². The molecule has 110 valence electrons. The number of halogens is 2. The first-order valence-electron chi connectivity index (χ1n) is 6.45. The normalized spacial score (nSPS) is 10.2. The van der Waals surface area contributed by atoms with Crippen LogP contribution in [0.5, 0.6) is 5.75 Å². The predicted octanol–water partition coefficient (Wildman–Crippen LogP) is 3.74. The zero-order valence-corrected chi connectivity index (χ0v) is 13.1. The zero-order valence-electron chi connectivity index (χ0n) is 11.6. The Hall–Kier alpha value is -1.88. The van der Waals surface area contributed by atoms with E-state index < -0.39 is 0 Å². The van der Waals surface area contributed by atoms with Crippen LogP contribution in [0.4, 0.5) is 4.39 Å². The van der Waals surface area contributed by atoms with Gasteiger partial charge in [0.1, 0.15) is 18.2 Å². The third kappa shape index (κ3) is 4.56. The van der Waals surface area contributed by atoms with Crippen molar-refractivity contribution in [3.05, 3.63) is 64.4 Å². The Labute approximate surface area is 131 Å². The van der Waals surface area contributed by atoms with Crippen molar-refractivity contribution in [3.63, 3.8) is 0 Å². The second-order valence-corrected chi connectivity index (χ2v) is 5.45. The number of nitrogens with zero attached hydrogens (tertiary/aromatic N) is 1. The van der Waals surface area contributed by atoms with E-state index in [2.05, 4.69) is 15.9 Å². The van der Waals surface area contributed by atoms with Gasteiger partial charge in [0.2, 0.25) is 0 Å². The van der Waals surface area contributed by atoms with E-state index in [0.717, 1.165) is 10.2 Å². The van der Waals surface area contributed by atoms with Crippen molar-refractivity contribution in [1.82, 2.24) is 4.90 Å². The minimum Gasteiger partial charge on any atom is -0.492 e. The summed E-state index contributed by atoms with van der Waals surface area (Å²) in [5.74, 6) is 0.239. The first-order chi connectivity index (χ1) is 10.1. The molecule has 5 heteroatoms. The topological polar surface area (TPSA) is 29.5 Å². The average Bonchev–Trinajstić information content (AvgIpc) is 2.49. The number of rotatable bonds is 5. The molecule has 2 aromatic carbocycles. The predicted molar refractivity (Wildman–Crippen MR) is 83.0 cm³/mol. The fourth-order valence-corrected chi connectivity index (χ4v) is 2.01. The molecule has 0 radical (unpaired) electrons. The standard InChI is InChI=1S/C16H15BrFNO2/c1-19(16(20)12-2-6-14(18)7-3-12)10-11-21-15-8-4-13(17)5-9-15/h2-9H,10-11H2,1H3. The molecule has 0 heterocycles. The molecule has 0 saturated carbocycles. The summed E-state index contributed by atoms with van der Waals surface area (Å²) < 4.78 is 19.4. The van der Waals surface area contributed by atoms with E-state index in [0.29, 0.717) is 18.7 Å². The van der Waals surface area contributed by atoms with Crippen LogP contribution in [-0.4, -0.2) is 31.0 Å². The third-order valence-corrected chi connectivity index (χ3v) is 3.48. The Kier molecular flexibility index (Phi) is 5.33. The molecule has 0 aliphatic rings. The van der Waals surface area contributed by atoms with Crippen LogP contribution in [0, 0.1) is 5.82 Å². The number of hydrogen-bond donors (Lipinski definition) is 0. The lowest BCUT2D eigenvalue weighted by atomic mass is 10.2. The number of ether oxygens (including phenoxy) is 1. The van der Waals surface area contributed by atoms with E-state index in [4.69, 9.17) is 4.74 Å². The van der Waals surface area contributed by atoms with Gasteiger partial charge in [-0.05, 0) is 48.5 Å². The van der Waals surface area contributed by atoms with Gasteiger partial charge in [0.05, 0.1) is 6.54 Å². The first-order valence-corrected chi connectivity index (χ1v) is 7.25.